The molecule has 0 radical (unpaired) electrons. The quantitative estimate of drug-likeness (QED) is 0.911. The van der Waals surface area contributed by atoms with Gasteiger partial charge in [0, 0.05) is 30.4 Å². The van der Waals surface area contributed by atoms with Crippen molar-refractivity contribution in [1.82, 2.24) is 10.2 Å². The molecule has 1 aromatic heterocycles. The number of thiophene rings is 1. The molecule has 1 aromatic rings. The highest BCUT2D eigenvalue weighted by molar-refractivity contribution is 7.10. The number of hydrogen-bond acceptors (Lipinski definition) is 3. The van der Waals surface area contributed by atoms with Crippen molar-refractivity contribution >= 4 is 23.2 Å². The molecule has 5 heteroatoms. The smallest absolute Gasteiger partial charge is 0.225 e. The summed E-state index contributed by atoms with van der Waals surface area (Å²) in [7, 11) is 0. The number of fused-ring (bicyclic) bond motifs is 1. The van der Waals surface area contributed by atoms with Crippen molar-refractivity contribution in [2.75, 3.05) is 6.54 Å². The maximum atomic E-state index is 12.5. The van der Waals surface area contributed by atoms with Gasteiger partial charge in [-0.1, -0.05) is 12.8 Å². The molecule has 2 amide bonds. The molecule has 1 N–H and O–H groups in total. The van der Waals surface area contributed by atoms with Gasteiger partial charge in [-0.15, -0.1) is 11.3 Å². The van der Waals surface area contributed by atoms with E-state index < -0.39 is 0 Å². The zero-order valence-corrected chi connectivity index (χ0v) is 15.0. The summed E-state index contributed by atoms with van der Waals surface area (Å²) in [6.07, 6.45) is 9.96. The summed E-state index contributed by atoms with van der Waals surface area (Å²) in [5.74, 6) is 0.0714. The fraction of sp³-hybridized carbons (Fsp3) is 0.684. The fourth-order valence-corrected chi connectivity index (χ4v) is 5.66. The monoisotopic (exact) mass is 346 g/mol. The number of carbonyl (C=O) groups excluding carboxylic acids is 2. The van der Waals surface area contributed by atoms with Crippen LogP contribution in [0.3, 0.4) is 0 Å². The van der Waals surface area contributed by atoms with Gasteiger partial charge in [-0.25, -0.2) is 0 Å². The second-order valence-corrected chi connectivity index (χ2v) is 8.44. The normalized spacial score (nSPS) is 24.4. The lowest BCUT2D eigenvalue weighted by Gasteiger charge is -2.23. The van der Waals surface area contributed by atoms with Crippen molar-refractivity contribution in [1.29, 1.82) is 0 Å². The van der Waals surface area contributed by atoms with E-state index in [0.29, 0.717) is 25.6 Å². The van der Waals surface area contributed by atoms with Gasteiger partial charge in [0.15, 0.2) is 0 Å². The predicted octanol–water partition coefficient (Wildman–Crippen LogP) is 3.03. The summed E-state index contributed by atoms with van der Waals surface area (Å²) >= 11 is 1.84. The van der Waals surface area contributed by atoms with Gasteiger partial charge < -0.3 is 10.2 Å². The number of nitrogens with one attached hydrogen (secondary N) is 1. The first-order valence-electron chi connectivity index (χ1n) is 9.37. The second kappa shape index (κ2) is 6.87. The Morgan fingerprint density at radius 3 is 2.83 bits per heavy atom. The van der Waals surface area contributed by atoms with E-state index in [1.165, 1.54) is 48.1 Å². The number of likely N-dealkylation sites (tertiary alicyclic amines) is 1. The molecule has 0 aromatic carbocycles. The van der Waals surface area contributed by atoms with Crippen molar-refractivity contribution in [2.45, 2.75) is 70.4 Å². The first-order valence-corrected chi connectivity index (χ1v) is 10.3. The number of rotatable bonds is 4. The van der Waals surface area contributed by atoms with Crippen LogP contribution in [0.4, 0.5) is 0 Å². The number of hydrogen-bond donors (Lipinski definition) is 1. The Morgan fingerprint density at radius 2 is 2.00 bits per heavy atom. The predicted molar refractivity (Wildman–Crippen MR) is 94.9 cm³/mol. The molecule has 2 aliphatic carbocycles. The van der Waals surface area contributed by atoms with Crippen LogP contribution in [-0.4, -0.2) is 29.3 Å². The molecular formula is C19H26N2O2S. The van der Waals surface area contributed by atoms with Gasteiger partial charge in [0.05, 0.1) is 5.92 Å². The van der Waals surface area contributed by atoms with E-state index in [1.807, 2.05) is 16.2 Å². The minimum atomic E-state index is -0.160. The summed E-state index contributed by atoms with van der Waals surface area (Å²) < 4.78 is 0. The van der Waals surface area contributed by atoms with E-state index >= 15 is 0 Å². The van der Waals surface area contributed by atoms with E-state index in [1.54, 1.807) is 0 Å². The Bertz CT molecular complexity index is 633. The molecule has 130 valence electrons. The minimum Gasteiger partial charge on any atom is -0.352 e. The largest absolute Gasteiger partial charge is 0.352 e. The van der Waals surface area contributed by atoms with Crippen LogP contribution in [0, 0.1) is 5.92 Å². The minimum absolute atomic E-state index is 0.0552. The molecule has 1 atom stereocenters. The molecule has 3 aliphatic rings. The molecule has 0 spiro atoms. The van der Waals surface area contributed by atoms with E-state index in [0.717, 1.165) is 19.3 Å². The summed E-state index contributed by atoms with van der Waals surface area (Å²) in [4.78, 5) is 28.3. The first-order chi connectivity index (χ1) is 11.7. The Hall–Kier alpha value is -1.36. The van der Waals surface area contributed by atoms with Crippen LogP contribution in [0.15, 0.2) is 5.38 Å². The van der Waals surface area contributed by atoms with Crippen molar-refractivity contribution in [2.24, 2.45) is 5.92 Å². The Morgan fingerprint density at radius 1 is 1.21 bits per heavy atom. The third kappa shape index (κ3) is 3.10. The Labute approximate surface area is 147 Å². The fourth-order valence-electron chi connectivity index (χ4n) is 4.51. The van der Waals surface area contributed by atoms with E-state index in [4.69, 9.17) is 0 Å². The molecule has 1 saturated heterocycles. The standard InChI is InChI=1S/C19H26N2O2S/c22-18-9-13(11-21(18)15-5-1-2-6-15)19(23)20-10-14-12-24-17-8-4-3-7-16(14)17/h12-13,15H,1-11H2,(H,20,23)/t13-/m0/s1. The summed E-state index contributed by atoms with van der Waals surface area (Å²) in [5, 5.41) is 5.31. The van der Waals surface area contributed by atoms with Crippen LogP contribution in [0.5, 0.6) is 0 Å². The van der Waals surface area contributed by atoms with Crippen molar-refractivity contribution < 1.29 is 9.59 Å². The highest BCUT2D eigenvalue weighted by Gasteiger charge is 2.38. The average molecular weight is 346 g/mol. The molecule has 1 saturated carbocycles. The van der Waals surface area contributed by atoms with Gasteiger partial charge in [-0.05, 0) is 55.0 Å². The third-order valence-electron chi connectivity index (χ3n) is 5.90. The van der Waals surface area contributed by atoms with E-state index in [-0.39, 0.29) is 17.7 Å². The lowest BCUT2D eigenvalue weighted by Crippen LogP contribution is -2.36. The maximum Gasteiger partial charge on any atom is 0.225 e. The highest BCUT2D eigenvalue weighted by Crippen LogP contribution is 2.31. The lowest BCUT2D eigenvalue weighted by atomic mass is 9.96. The second-order valence-electron chi connectivity index (χ2n) is 7.47. The Kier molecular flexibility index (Phi) is 4.61. The summed E-state index contributed by atoms with van der Waals surface area (Å²) in [6.45, 7) is 1.25. The van der Waals surface area contributed by atoms with Gasteiger partial charge in [-0.3, -0.25) is 9.59 Å². The topological polar surface area (TPSA) is 49.4 Å². The number of carbonyl (C=O) groups is 2. The van der Waals surface area contributed by atoms with Crippen molar-refractivity contribution in [3.8, 4) is 0 Å². The van der Waals surface area contributed by atoms with E-state index in [9.17, 15) is 9.59 Å². The molecular weight excluding hydrogens is 320 g/mol. The highest BCUT2D eigenvalue weighted by atomic mass is 32.1. The van der Waals surface area contributed by atoms with Crippen molar-refractivity contribution in [3.05, 3.63) is 21.4 Å². The van der Waals surface area contributed by atoms with Crippen LogP contribution in [0.2, 0.25) is 0 Å². The number of amides is 2. The number of nitrogens with zero attached hydrogens (tertiary/aromatic N) is 1. The van der Waals surface area contributed by atoms with Crippen molar-refractivity contribution in [3.63, 3.8) is 0 Å². The first kappa shape index (κ1) is 16.1. The zero-order chi connectivity index (χ0) is 16.5. The average Bonchev–Trinajstić information content (AvgIpc) is 3.32. The molecule has 2 heterocycles. The molecule has 1 aliphatic heterocycles. The third-order valence-corrected chi connectivity index (χ3v) is 7.03. The summed E-state index contributed by atoms with van der Waals surface area (Å²) in [5.41, 5.74) is 2.77. The van der Waals surface area contributed by atoms with Gasteiger partial charge >= 0.3 is 0 Å². The molecule has 4 nitrogen and oxygen atoms in total. The van der Waals surface area contributed by atoms with Crippen LogP contribution in [0.1, 0.15) is 60.9 Å². The van der Waals surface area contributed by atoms with Gasteiger partial charge in [0.25, 0.3) is 0 Å². The molecule has 0 bridgehead atoms. The molecule has 2 fully saturated rings. The van der Waals surface area contributed by atoms with Crippen LogP contribution in [0.25, 0.3) is 0 Å². The van der Waals surface area contributed by atoms with Gasteiger partial charge in [-0.2, -0.15) is 0 Å². The van der Waals surface area contributed by atoms with Crippen LogP contribution >= 0.6 is 11.3 Å². The van der Waals surface area contributed by atoms with Crippen LogP contribution in [-0.2, 0) is 29.0 Å². The van der Waals surface area contributed by atoms with E-state index in [2.05, 4.69) is 10.7 Å². The number of aryl methyl sites for hydroxylation is 1. The van der Waals surface area contributed by atoms with Gasteiger partial charge in [0.2, 0.25) is 11.8 Å². The Balaban J connectivity index is 1.33. The summed E-state index contributed by atoms with van der Waals surface area (Å²) in [6, 6.07) is 0.388. The maximum absolute atomic E-state index is 12.5. The molecule has 24 heavy (non-hydrogen) atoms. The SMILES string of the molecule is O=C(NCc1csc2c1CCCC2)[C@H]1CC(=O)N(C2CCCC2)C1. The lowest BCUT2D eigenvalue weighted by molar-refractivity contribution is -0.130. The zero-order valence-electron chi connectivity index (χ0n) is 14.2. The molecule has 4 rings (SSSR count). The van der Waals surface area contributed by atoms with Gasteiger partial charge in [0.1, 0.15) is 0 Å². The van der Waals surface area contributed by atoms with Crippen LogP contribution < -0.4 is 5.32 Å². The molecule has 0 unspecified atom stereocenters.